The van der Waals surface area contributed by atoms with E-state index in [2.05, 4.69) is 32.9 Å². The fourth-order valence-corrected chi connectivity index (χ4v) is 3.55. The standard InChI is InChI=1S/C18H21N5OS/c1-22-7-9-23(10-8-22)18-16(24-2)12-15(13-21-18)25-17-11-14(3-5-19)4-6-20-17/h4,6,11-13H,3,7-10H2,1-2H3. The lowest BCUT2D eigenvalue weighted by atomic mass is 10.2. The highest BCUT2D eigenvalue weighted by atomic mass is 32.2. The summed E-state index contributed by atoms with van der Waals surface area (Å²) >= 11 is 1.52. The van der Waals surface area contributed by atoms with Gasteiger partial charge in [0.25, 0.3) is 0 Å². The van der Waals surface area contributed by atoms with Gasteiger partial charge in [-0.25, -0.2) is 9.97 Å². The van der Waals surface area contributed by atoms with Gasteiger partial charge in [-0.15, -0.1) is 0 Å². The van der Waals surface area contributed by atoms with Crippen molar-refractivity contribution in [1.82, 2.24) is 14.9 Å². The van der Waals surface area contributed by atoms with Crippen LogP contribution in [0.4, 0.5) is 5.82 Å². The number of nitriles is 1. The van der Waals surface area contributed by atoms with E-state index in [0.29, 0.717) is 6.42 Å². The molecule has 3 rings (SSSR count). The van der Waals surface area contributed by atoms with E-state index in [0.717, 1.165) is 53.2 Å². The lowest BCUT2D eigenvalue weighted by Crippen LogP contribution is -2.44. The van der Waals surface area contributed by atoms with Crippen molar-refractivity contribution < 1.29 is 4.74 Å². The van der Waals surface area contributed by atoms with Crippen molar-refractivity contribution in [2.24, 2.45) is 0 Å². The zero-order valence-corrected chi connectivity index (χ0v) is 15.3. The summed E-state index contributed by atoms with van der Waals surface area (Å²) in [4.78, 5) is 14.5. The van der Waals surface area contributed by atoms with Crippen LogP contribution in [-0.2, 0) is 6.42 Å². The van der Waals surface area contributed by atoms with Gasteiger partial charge in [-0.2, -0.15) is 5.26 Å². The zero-order chi connectivity index (χ0) is 17.6. The molecule has 0 radical (unpaired) electrons. The number of likely N-dealkylation sites (N-methyl/N-ethyl adjacent to an activating group) is 1. The molecule has 0 bridgehead atoms. The largest absolute Gasteiger partial charge is 0.493 e. The van der Waals surface area contributed by atoms with Gasteiger partial charge in [0.05, 0.1) is 19.6 Å². The molecule has 1 fully saturated rings. The number of hydrogen-bond acceptors (Lipinski definition) is 7. The molecule has 0 atom stereocenters. The third-order valence-corrected chi connectivity index (χ3v) is 5.03. The summed E-state index contributed by atoms with van der Waals surface area (Å²) in [6.45, 7) is 3.95. The summed E-state index contributed by atoms with van der Waals surface area (Å²) in [6.07, 6.45) is 3.98. The van der Waals surface area contributed by atoms with Crippen LogP contribution in [0.1, 0.15) is 5.56 Å². The Morgan fingerprint density at radius 1 is 1.24 bits per heavy atom. The summed E-state index contributed by atoms with van der Waals surface area (Å²) in [5.74, 6) is 1.67. The molecular weight excluding hydrogens is 334 g/mol. The highest BCUT2D eigenvalue weighted by molar-refractivity contribution is 7.99. The Kier molecular flexibility index (Phi) is 5.74. The van der Waals surface area contributed by atoms with E-state index in [1.54, 1.807) is 13.3 Å². The Hall–Kier alpha value is -2.30. The molecule has 130 valence electrons. The Morgan fingerprint density at radius 2 is 2.04 bits per heavy atom. The topological polar surface area (TPSA) is 65.3 Å². The van der Waals surface area contributed by atoms with Crippen molar-refractivity contribution in [3.63, 3.8) is 0 Å². The molecule has 0 saturated carbocycles. The van der Waals surface area contributed by atoms with Crippen LogP contribution in [0.5, 0.6) is 5.75 Å². The molecular formula is C18H21N5OS. The van der Waals surface area contributed by atoms with Crippen molar-refractivity contribution in [2.75, 3.05) is 45.2 Å². The van der Waals surface area contributed by atoms with Crippen LogP contribution in [0, 0.1) is 11.3 Å². The second-order valence-electron chi connectivity index (χ2n) is 5.93. The lowest BCUT2D eigenvalue weighted by molar-refractivity contribution is 0.310. The monoisotopic (exact) mass is 355 g/mol. The van der Waals surface area contributed by atoms with Crippen LogP contribution >= 0.6 is 11.8 Å². The fourth-order valence-electron chi connectivity index (χ4n) is 2.71. The number of nitrogens with zero attached hydrogens (tertiary/aromatic N) is 5. The minimum Gasteiger partial charge on any atom is -0.493 e. The first-order chi connectivity index (χ1) is 12.2. The molecule has 25 heavy (non-hydrogen) atoms. The van der Waals surface area contributed by atoms with Gasteiger partial charge in [0.2, 0.25) is 0 Å². The van der Waals surface area contributed by atoms with Gasteiger partial charge in [0, 0.05) is 43.5 Å². The highest BCUT2D eigenvalue weighted by Gasteiger charge is 2.19. The van der Waals surface area contributed by atoms with E-state index < -0.39 is 0 Å². The van der Waals surface area contributed by atoms with Crippen molar-refractivity contribution in [3.8, 4) is 11.8 Å². The maximum atomic E-state index is 8.83. The Morgan fingerprint density at radius 3 is 2.76 bits per heavy atom. The number of pyridine rings is 2. The Balaban J connectivity index is 1.77. The van der Waals surface area contributed by atoms with E-state index in [1.165, 1.54) is 11.8 Å². The van der Waals surface area contributed by atoms with Crippen LogP contribution in [-0.4, -0.2) is 55.2 Å². The smallest absolute Gasteiger partial charge is 0.171 e. The maximum absolute atomic E-state index is 8.83. The average Bonchev–Trinajstić information content (AvgIpc) is 2.63. The number of rotatable bonds is 5. The summed E-state index contributed by atoms with van der Waals surface area (Å²) < 4.78 is 5.57. The molecule has 2 aromatic heterocycles. The Bertz CT molecular complexity index is 768. The van der Waals surface area contributed by atoms with Gasteiger partial charge in [0.1, 0.15) is 5.03 Å². The van der Waals surface area contributed by atoms with Crippen LogP contribution in [0.15, 0.2) is 40.5 Å². The van der Waals surface area contributed by atoms with Gasteiger partial charge in [0.15, 0.2) is 11.6 Å². The van der Waals surface area contributed by atoms with Gasteiger partial charge in [-0.1, -0.05) is 11.8 Å². The van der Waals surface area contributed by atoms with Gasteiger partial charge >= 0.3 is 0 Å². The van der Waals surface area contributed by atoms with Gasteiger partial charge in [-0.05, 0) is 30.8 Å². The third kappa shape index (κ3) is 4.41. The van der Waals surface area contributed by atoms with E-state index in [9.17, 15) is 0 Å². The summed E-state index contributed by atoms with van der Waals surface area (Å²) in [7, 11) is 3.81. The molecule has 0 unspecified atom stereocenters. The predicted molar refractivity (Wildman–Crippen MR) is 98.2 cm³/mol. The number of ether oxygens (including phenoxy) is 1. The molecule has 0 spiro atoms. The van der Waals surface area contributed by atoms with Crippen LogP contribution in [0.25, 0.3) is 0 Å². The first-order valence-electron chi connectivity index (χ1n) is 8.17. The SMILES string of the molecule is COc1cc(Sc2cc(CC#N)ccn2)cnc1N1CCN(C)CC1. The van der Waals surface area contributed by atoms with Crippen molar-refractivity contribution in [3.05, 3.63) is 36.2 Å². The zero-order valence-electron chi connectivity index (χ0n) is 14.5. The van der Waals surface area contributed by atoms with Crippen LogP contribution < -0.4 is 9.64 Å². The van der Waals surface area contributed by atoms with E-state index >= 15 is 0 Å². The minimum atomic E-state index is 0.389. The number of anilines is 1. The number of methoxy groups -OCH3 is 1. The van der Waals surface area contributed by atoms with Crippen LogP contribution in [0.2, 0.25) is 0 Å². The average molecular weight is 355 g/mol. The van der Waals surface area contributed by atoms with Gasteiger partial charge < -0.3 is 14.5 Å². The summed E-state index contributed by atoms with van der Waals surface area (Å²) in [6, 6.07) is 7.97. The molecule has 0 amide bonds. The molecule has 0 N–H and O–H groups in total. The fraction of sp³-hybridized carbons (Fsp3) is 0.389. The van der Waals surface area contributed by atoms with Crippen molar-refractivity contribution in [1.29, 1.82) is 5.26 Å². The summed E-state index contributed by atoms with van der Waals surface area (Å²) in [5, 5.41) is 9.68. The molecule has 0 aromatic carbocycles. The third-order valence-electron chi connectivity index (χ3n) is 4.14. The van der Waals surface area contributed by atoms with Gasteiger partial charge in [-0.3, -0.25) is 0 Å². The molecule has 6 nitrogen and oxygen atoms in total. The highest BCUT2D eigenvalue weighted by Crippen LogP contribution is 2.33. The van der Waals surface area contributed by atoms with Crippen molar-refractivity contribution in [2.45, 2.75) is 16.3 Å². The van der Waals surface area contributed by atoms with Crippen LogP contribution in [0.3, 0.4) is 0 Å². The molecule has 3 heterocycles. The molecule has 7 heteroatoms. The summed E-state index contributed by atoms with van der Waals surface area (Å²) in [5.41, 5.74) is 0.967. The lowest BCUT2D eigenvalue weighted by Gasteiger charge is -2.33. The molecule has 1 aliphatic heterocycles. The maximum Gasteiger partial charge on any atom is 0.171 e. The second-order valence-corrected chi connectivity index (χ2v) is 7.02. The quantitative estimate of drug-likeness (QED) is 0.816. The predicted octanol–water partition coefficient (Wildman–Crippen LogP) is 2.45. The van der Waals surface area contributed by atoms with E-state index in [-0.39, 0.29) is 0 Å². The molecule has 0 aliphatic carbocycles. The Labute approximate surface area is 152 Å². The molecule has 1 saturated heterocycles. The second kappa shape index (κ2) is 8.19. The normalized spacial score (nSPS) is 15.0. The van der Waals surface area contributed by atoms with E-state index in [4.69, 9.17) is 10.00 Å². The van der Waals surface area contributed by atoms with E-state index in [1.807, 2.05) is 24.4 Å². The number of aromatic nitrogens is 2. The minimum absolute atomic E-state index is 0.389. The first-order valence-corrected chi connectivity index (χ1v) is 8.98. The number of piperazine rings is 1. The molecule has 2 aromatic rings. The molecule has 1 aliphatic rings. The first kappa shape index (κ1) is 17.5. The number of hydrogen-bond donors (Lipinski definition) is 0. The van der Waals surface area contributed by atoms with Crippen molar-refractivity contribution >= 4 is 17.6 Å².